The Balaban J connectivity index is 2.74. The van der Waals surface area contributed by atoms with E-state index in [0.717, 1.165) is 28.8 Å². The minimum absolute atomic E-state index is 0.521. The number of ether oxygens (including phenoxy) is 1. The lowest BCUT2D eigenvalue weighted by molar-refractivity contribution is -0.138. The van der Waals surface area contributed by atoms with Gasteiger partial charge < -0.3 is 14.4 Å². The van der Waals surface area contributed by atoms with Crippen LogP contribution < -0.4 is 4.74 Å². The summed E-state index contributed by atoms with van der Waals surface area (Å²) < 4.78 is 7.39. The van der Waals surface area contributed by atoms with E-state index < -0.39 is 11.9 Å². The highest BCUT2D eigenvalue weighted by atomic mass is 16.5. The van der Waals surface area contributed by atoms with Crippen molar-refractivity contribution in [3.8, 4) is 5.75 Å². The van der Waals surface area contributed by atoms with Crippen LogP contribution >= 0.6 is 0 Å². The van der Waals surface area contributed by atoms with Gasteiger partial charge >= 0.3 is 5.97 Å². The van der Waals surface area contributed by atoms with E-state index in [1.165, 1.54) is 0 Å². The van der Waals surface area contributed by atoms with Gasteiger partial charge in [0, 0.05) is 18.1 Å². The third kappa shape index (κ3) is 1.83. The van der Waals surface area contributed by atoms with Crippen molar-refractivity contribution in [2.24, 2.45) is 0 Å². The Bertz CT molecular complexity index is 586. The average Bonchev–Trinajstić information content (AvgIpc) is 2.76. The molecule has 18 heavy (non-hydrogen) atoms. The maximum absolute atomic E-state index is 11.2. The van der Waals surface area contributed by atoms with E-state index in [-0.39, 0.29) is 0 Å². The maximum Gasteiger partial charge on any atom is 0.310 e. The Hall–Kier alpha value is -1.97. The third-order valence-electron chi connectivity index (χ3n) is 3.29. The lowest BCUT2D eigenvalue weighted by Gasteiger charge is -2.06. The first kappa shape index (κ1) is 12.5. The van der Waals surface area contributed by atoms with Gasteiger partial charge in [-0.3, -0.25) is 4.79 Å². The lowest BCUT2D eigenvalue weighted by Crippen LogP contribution is -2.06. The number of para-hydroxylation sites is 1. The number of fused-ring (bicyclic) bond motifs is 1. The summed E-state index contributed by atoms with van der Waals surface area (Å²) in [5, 5.41) is 10.1. The van der Waals surface area contributed by atoms with Crippen LogP contribution in [0.15, 0.2) is 24.4 Å². The van der Waals surface area contributed by atoms with Gasteiger partial charge in [-0.25, -0.2) is 0 Å². The van der Waals surface area contributed by atoms with Gasteiger partial charge in [-0.2, -0.15) is 0 Å². The first-order valence-corrected chi connectivity index (χ1v) is 5.98. The van der Waals surface area contributed by atoms with Gasteiger partial charge in [0.25, 0.3) is 0 Å². The number of aromatic nitrogens is 1. The summed E-state index contributed by atoms with van der Waals surface area (Å²) in [6, 6.07) is 5.72. The van der Waals surface area contributed by atoms with E-state index in [2.05, 4.69) is 0 Å². The molecule has 0 radical (unpaired) electrons. The molecule has 96 valence electrons. The molecule has 0 saturated heterocycles. The van der Waals surface area contributed by atoms with Crippen molar-refractivity contribution < 1.29 is 14.6 Å². The fourth-order valence-corrected chi connectivity index (χ4v) is 2.25. The van der Waals surface area contributed by atoms with E-state index in [1.54, 1.807) is 14.0 Å². The molecule has 0 aliphatic rings. The molecule has 0 aliphatic heterocycles. The first-order chi connectivity index (χ1) is 8.60. The van der Waals surface area contributed by atoms with Crippen molar-refractivity contribution in [2.75, 3.05) is 7.11 Å². The number of carboxylic acids is 1. The summed E-state index contributed by atoms with van der Waals surface area (Å²) in [7, 11) is 1.63. The molecule has 1 aromatic heterocycles. The number of nitrogens with zero attached hydrogens (tertiary/aromatic N) is 1. The van der Waals surface area contributed by atoms with Gasteiger partial charge in [0.2, 0.25) is 0 Å². The van der Waals surface area contributed by atoms with E-state index >= 15 is 0 Å². The van der Waals surface area contributed by atoms with Crippen molar-refractivity contribution in [3.05, 3.63) is 30.0 Å². The molecule has 0 fully saturated rings. The van der Waals surface area contributed by atoms with Crippen molar-refractivity contribution >= 4 is 16.9 Å². The molecule has 1 aromatic carbocycles. The fraction of sp³-hybridized carbons (Fsp3) is 0.357. The second-order valence-electron chi connectivity index (χ2n) is 4.29. The molecule has 0 aliphatic carbocycles. The molecule has 0 spiro atoms. The zero-order valence-corrected chi connectivity index (χ0v) is 10.8. The molecule has 0 amide bonds. The molecule has 1 heterocycles. The summed E-state index contributed by atoms with van der Waals surface area (Å²) >= 11 is 0. The van der Waals surface area contributed by atoms with Crippen molar-refractivity contribution in [3.63, 3.8) is 0 Å². The highest BCUT2D eigenvalue weighted by Gasteiger charge is 2.20. The van der Waals surface area contributed by atoms with Crippen LogP contribution in [-0.2, 0) is 11.3 Å². The molecule has 0 bridgehead atoms. The lowest BCUT2D eigenvalue weighted by atomic mass is 10.0. The normalized spacial score (nSPS) is 12.6. The Morgan fingerprint density at radius 2 is 2.22 bits per heavy atom. The summed E-state index contributed by atoms with van der Waals surface area (Å²) in [6.45, 7) is 4.51. The van der Waals surface area contributed by atoms with Gasteiger partial charge in [0.05, 0.1) is 18.5 Å². The monoisotopic (exact) mass is 247 g/mol. The number of rotatable bonds is 4. The summed E-state index contributed by atoms with van der Waals surface area (Å²) in [6.07, 6.45) is 1.91. The second-order valence-corrected chi connectivity index (χ2v) is 4.29. The Morgan fingerprint density at radius 3 is 2.78 bits per heavy atom. The van der Waals surface area contributed by atoms with Crippen LogP contribution in [0.3, 0.4) is 0 Å². The predicted octanol–water partition coefficient (Wildman–Crippen LogP) is 2.86. The van der Waals surface area contributed by atoms with Crippen LogP contribution in [0.2, 0.25) is 0 Å². The molecule has 4 nitrogen and oxygen atoms in total. The highest BCUT2D eigenvalue weighted by molar-refractivity contribution is 5.93. The molecule has 2 aromatic rings. The van der Waals surface area contributed by atoms with Crippen LogP contribution in [0.1, 0.15) is 25.3 Å². The Kier molecular flexibility index (Phi) is 3.28. The van der Waals surface area contributed by atoms with Crippen LogP contribution in [0.25, 0.3) is 10.9 Å². The summed E-state index contributed by atoms with van der Waals surface area (Å²) in [4.78, 5) is 11.2. The van der Waals surface area contributed by atoms with E-state index in [0.29, 0.717) is 0 Å². The minimum Gasteiger partial charge on any atom is -0.495 e. The molecule has 2 rings (SSSR count). The van der Waals surface area contributed by atoms with Crippen molar-refractivity contribution in [1.82, 2.24) is 4.57 Å². The standard InChI is InChI=1S/C14H17NO3/c1-4-15-8-11(9(2)14(16)17)10-6-5-7-12(18-3)13(10)15/h5-9H,4H2,1-3H3,(H,16,17). The van der Waals surface area contributed by atoms with Crippen LogP contribution in [0, 0.1) is 0 Å². The van der Waals surface area contributed by atoms with Gasteiger partial charge in [0.1, 0.15) is 5.75 Å². The number of carbonyl (C=O) groups is 1. The van der Waals surface area contributed by atoms with E-state index in [9.17, 15) is 4.79 Å². The highest BCUT2D eigenvalue weighted by Crippen LogP contribution is 2.33. The smallest absolute Gasteiger partial charge is 0.310 e. The molecular weight excluding hydrogens is 230 g/mol. The first-order valence-electron chi connectivity index (χ1n) is 5.98. The molecule has 1 unspecified atom stereocenters. The number of hydrogen-bond acceptors (Lipinski definition) is 2. The fourth-order valence-electron chi connectivity index (χ4n) is 2.25. The number of hydrogen-bond donors (Lipinski definition) is 1. The molecular formula is C14H17NO3. The van der Waals surface area contributed by atoms with E-state index in [1.807, 2.05) is 35.9 Å². The number of aliphatic carboxylic acids is 1. The molecule has 1 N–H and O–H groups in total. The minimum atomic E-state index is -0.812. The zero-order valence-electron chi connectivity index (χ0n) is 10.8. The number of aryl methyl sites for hydroxylation is 1. The van der Waals surface area contributed by atoms with Crippen LogP contribution in [0.5, 0.6) is 5.75 Å². The number of carboxylic acid groups (broad SMARTS) is 1. The van der Waals surface area contributed by atoms with Crippen molar-refractivity contribution in [1.29, 1.82) is 0 Å². The van der Waals surface area contributed by atoms with Crippen LogP contribution in [0.4, 0.5) is 0 Å². The van der Waals surface area contributed by atoms with Crippen LogP contribution in [-0.4, -0.2) is 22.8 Å². The Morgan fingerprint density at radius 1 is 1.50 bits per heavy atom. The average molecular weight is 247 g/mol. The van der Waals surface area contributed by atoms with Crippen molar-refractivity contribution in [2.45, 2.75) is 26.3 Å². The predicted molar refractivity (Wildman–Crippen MR) is 70.2 cm³/mol. The Labute approximate surface area is 106 Å². The SMILES string of the molecule is CCn1cc(C(C)C(=O)O)c2cccc(OC)c21. The largest absolute Gasteiger partial charge is 0.495 e. The third-order valence-corrected chi connectivity index (χ3v) is 3.29. The quantitative estimate of drug-likeness (QED) is 0.903. The summed E-state index contributed by atoms with van der Waals surface area (Å²) in [5.41, 5.74) is 1.80. The molecule has 1 atom stereocenters. The number of methoxy groups -OCH3 is 1. The van der Waals surface area contributed by atoms with Gasteiger partial charge in [-0.05, 0) is 25.5 Å². The maximum atomic E-state index is 11.2. The van der Waals surface area contributed by atoms with Gasteiger partial charge in [-0.1, -0.05) is 12.1 Å². The molecule has 4 heteroatoms. The summed E-state index contributed by atoms with van der Waals surface area (Å²) in [5.74, 6) is -0.557. The number of benzene rings is 1. The topological polar surface area (TPSA) is 51.5 Å². The van der Waals surface area contributed by atoms with Gasteiger partial charge in [0.15, 0.2) is 0 Å². The van der Waals surface area contributed by atoms with E-state index in [4.69, 9.17) is 9.84 Å². The van der Waals surface area contributed by atoms with Gasteiger partial charge in [-0.15, -0.1) is 0 Å². The molecule has 0 saturated carbocycles. The second kappa shape index (κ2) is 4.72. The zero-order chi connectivity index (χ0) is 13.3.